The number of nitrogens with zero attached hydrogens (tertiary/aromatic N) is 1. The maximum Gasteiger partial charge on any atom is 0.0791 e. The van der Waals surface area contributed by atoms with Crippen LogP contribution in [0.2, 0.25) is 0 Å². The maximum atomic E-state index is 9.89. The molecule has 0 aliphatic carbocycles. The van der Waals surface area contributed by atoms with Crippen molar-refractivity contribution in [3.63, 3.8) is 0 Å². The highest BCUT2D eigenvalue weighted by Crippen LogP contribution is 1.93. The smallest absolute Gasteiger partial charge is 0.0791 e. The van der Waals surface area contributed by atoms with Crippen LogP contribution in [0.1, 0.15) is 0 Å². The molecule has 0 radical (unpaired) electrons. The molecule has 0 spiro atoms. The molecule has 110 valence electrons. The van der Waals surface area contributed by atoms with E-state index in [9.17, 15) is 5.11 Å². The molecular formula is C12H28N2O4. The van der Waals surface area contributed by atoms with Crippen LogP contribution in [-0.2, 0) is 14.2 Å². The van der Waals surface area contributed by atoms with Gasteiger partial charge in [-0.05, 0) is 0 Å². The molecule has 0 amide bonds. The number of aliphatic hydroxyl groups is 1. The Kier molecular flexibility index (Phi) is 13.0. The summed E-state index contributed by atoms with van der Waals surface area (Å²) in [4.78, 5) is 2.13. The highest BCUT2D eigenvalue weighted by atomic mass is 16.5. The third-order valence-electron chi connectivity index (χ3n) is 2.56. The molecule has 18 heavy (non-hydrogen) atoms. The van der Waals surface area contributed by atoms with Gasteiger partial charge in [0.25, 0.3) is 0 Å². The zero-order valence-electron chi connectivity index (χ0n) is 11.9. The van der Waals surface area contributed by atoms with Crippen LogP contribution in [0.25, 0.3) is 0 Å². The number of rotatable bonds is 13. The van der Waals surface area contributed by atoms with E-state index in [-0.39, 0.29) is 0 Å². The highest BCUT2D eigenvalue weighted by molar-refractivity contribution is 4.67. The van der Waals surface area contributed by atoms with Crippen LogP contribution in [0, 0.1) is 0 Å². The van der Waals surface area contributed by atoms with Crippen LogP contribution in [-0.4, -0.2) is 90.0 Å². The quantitative estimate of drug-likeness (QED) is 0.424. The van der Waals surface area contributed by atoms with Crippen LogP contribution in [0.15, 0.2) is 0 Å². The molecule has 0 aromatic heterocycles. The molecule has 6 nitrogen and oxygen atoms in total. The van der Waals surface area contributed by atoms with E-state index in [4.69, 9.17) is 14.2 Å². The van der Waals surface area contributed by atoms with Crippen molar-refractivity contribution < 1.29 is 19.3 Å². The van der Waals surface area contributed by atoms with Gasteiger partial charge in [-0.15, -0.1) is 0 Å². The second-order valence-corrected chi connectivity index (χ2v) is 4.14. The third-order valence-corrected chi connectivity index (χ3v) is 2.56. The summed E-state index contributed by atoms with van der Waals surface area (Å²) in [6.45, 7) is 5.52. The van der Waals surface area contributed by atoms with E-state index in [1.807, 2.05) is 0 Å². The fourth-order valence-corrected chi connectivity index (χ4v) is 1.54. The molecule has 0 aliphatic heterocycles. The minimum Gasteiger partial charge on any atom is -0.390 e. The van der Waals surface area contributed by atoms with E-state index in [2.05, 4.69) is 10.2 Å². The molecule has 0 saturated heterocycles. The second-order valence-electron chi connectivity index (χ2n) is 4.14. The lowest BCUT2D eigenvalue weighted by molar-refractivity contribution is 0.0688. The van der Waals surface area contributed by atoms with Crippen molar-refractivity contribution >= 4 is 0 Å². The fraction of sp³-hybridized carbons (Fsp3) is 1.00. The van der Waals surface area contributed by atoms with E-state index in [0.29, 0.717) is 32.9 Å². The van der Waals surface area contributed by atoms with Gasteiger partial charge in [-0.2, -0.15) is 0 Å². The van der Waals surface area contributed by atoms with Gasteiger partial charge in [0.15, 0.2) is 0 Å². The van der Waals surface area contributed by atoms with Crippen molar-refractivity contribution in [2.75, 3.05) is 73.9 Å². The van der Waals surface area contributed by atoms with E-state index >= 15 is 0 Å². The number of hydrogen-bond acceptors (Lipinski definition) is 6. The van der Waals surface area contributed by atoms with Crippen LogP contribution in [0.5, 0.6) is 0 Å². The third kappa shape index (κ3) is 10.9. The molecular weight excluding hydrogens is 236 g/mol. The summed E-state index contributed by atoms with van der Waals surface area (Å²) in [7, 11) is 5.02. The molecule has 0 saturated carbocycles. The standard InChI is InChI=1S/C12H28N2O4/c1-16-7-4-13-10-12(15)11-14(5-8-17-2)6-9-18-3/h12-13,15H,4-11H2,1-3H3. The summed E-state index contributed by atoms with van der Waals surface area (Å²) in [5, 5.41) is 13.0. The average molecular weight is 264 g/mol. The Labute approximate surface area is 110 Å². The summed E-state index contributed by atoms with van der Waals surface area (Å²) in [5.41, 5.74) is 0. The number of ether oxygens (including phenoxy) is 3. The van der Waals surface area contributed by atoms with Gasteiger partial charge in [0.2, 0.25) is 0 Å². The van der Waals surface area contributed by atoms with Gasteiger partial charge in [-0.25, -0.2) is 0 Å². The second kappa shape index (κ2) is 13.2. The van der Waals surface area contributed by atoms with Crippen molar-refractivity contribution in [3.05, 3.63) is 0 Å². The Hall–Kier alpha value is -0.240. The summed E-state index contributed by atoms with van der Waals surface area (Å²) < 4.78 is 15.0. The summed E-state index contributed by atoms with van der Waals surface area (Å²) in [6.07, 6.45) is -0.393. The molecule has 0 aromatic rings. The SMILES string of the molecule is COCCNCC(O)CN(CCOC)CCOC. The van der Waals surface area contributed by atoms with Gasteiger partial charge in [-0.1, -0.05) is 0 Å². The van der Waals surface area contributed by atoms with E-state index < -0.39 is 6.10 Å². The molecule has 0 heterocycles. The molecule has 0 bridgehead atoms. The first-order valence-corrected chi connectivity index (χ1v) is 6.32. The Bertz CT molecular complexity index is 164. The Morgan fingerprint density at radius 3 is 2.06 bits per heavy atom. The maximum absolute atomic E-state index is 9.89. The first-order chi connectivity index (χ1) is 8.74. The van der Waals surface area contributed by atoms with Crippen molar-refractivity contribution in [2.45, 2.75) is 6.10 Å². The van der Waals surface area contributed by atoms with Gasteiger partial charge in [-0.3, -0.25) is 4.90 Å². The summed E-state index contributed by atoms with van der Waals surface area (Å²) in [5.74, 6) is 0. The fourth-order valence-electron chi connectivity index (χ4n) is 1.54. The summed E-state index contributed by atoms with van der Waals surface area (Å²) in [6, 6.07) is 0. The topological polar surface area (TPSA) is 63.2 Å². The zero-order valence-corrected chi connectivity index (χ0v) is 11.9. The molecule has 2 N–H and O–H groups in total. The Balaban J connectivity index is 3.74. The Morgan fingerprint density at radius 1 is 1.00 bits per heavy atom. The lowest BCUT2D eigenvalue weighted by atomic mass is 10.3. The monoisotopic (exact) mass is 264 g/mol. The number of nitrogens with one attached hydrogen (secondary N) is 1. The first-order valence-electron chi connectivity index (χ1n) is 6.32. The lowest BCUT2D eigenvalue weighted by Gasteiger charge is -2.24. The average Bonchev–Trinajstić information content (AvgIpc) is 2.38. The van der Waals surface area contributed by atoms with Crippen molar-refractivity contribution in [3.8, 4) is 0 Å². The van der Waals surface area contributed by atoms with Gasteiger partial charge < -0.3 is 24.6 Å². The molecule has 1 unspecified atom stereocenters. The van der Waals surface area contributed by atoms with E-state index in [1.165, 1.54) is 0 Å². The number of aliphatic hydroxyl groups excluding tert-OH is 1. The minimum absolute atomic E-state index is 0.393. The molecule has 6 heteroatoms. The van der Waals surface area contributed by atoms with Crippen LogP contribution < -0.4 is 5.32 Å². The van der Waals surface area contributed by atoms with Gasteiger partial charge in [0.05, 0.1) is 25.9 Å². The van der Waals surface area contributed by atoms with Gasteiger partial charge >= 0.3 is 0 Å². The summed E-state index contributed by atoms with van der Waals surface area (Å²) >= 11 is 0. The predicted octanol–water partition coefficient (Wildman–Crippen LogP) is -0.822. The molecule has 0 aliphatic rings. The zero-order chi connectivity index (χ0) is 13.6. The molecule has 0 fully saturated rings. The van der Waals surface area contributed by atoms with Gasteiger partial charge in [0, 0.05) is 54.1 Å². The molecule has 0 rings (SSSR count). The highest BCUT2D eigenvalue weighted by Gasteiger charge is 2.11. The van der Waals surface area contributed by atoms with E-state index in [1.54, 1.807) is 21.3 Å². The lowest BCUT2D eigenvalue weighted by Crippen LogP contribution is -2.41. The minimum atomic E-state index is -0.393. The number of methoxy groups -OCH3 is 3. The van der Waals surface area contributed by atoms with E-state index in [0.717, 1.165) is 19.6 Å². The first kappa shape index (κ1) is 17.8. The largest absolute Gasteiger partial charge is 0.390 e. The van der Waals surface area contributed by atoms with Gasteiger partial charge in [0.1, 0.15) is 0 Å². The normalized spacial score (nSPS) is 13.2. The Morgan fingerprint density at radius 2 is 1.56 bits per heavy atom. The van der Waals surface area contributed by atoms with Crippen LogP contribution in [0.4, 0.5) is 0 Å². The van der Waals surface area contributed by atoms with Crippen molar-refractivity contribution in [1.29, 1.82) is 0 Å². The molecule has 0 aromatic carbocycles. The van der Waals surface area contributed by atoms with Crippen LogP contribution >= 0.6 is 0 Å². The van der Waals surface area contributed by atoms with Crippen LogP contribution in [0.3, 0.4) is 0 Å². The van der Waals surface area contributed by atoms with Crippen molar-refractivity contribution in [1.82, 2.24) is 10.2 Å². The number of hydrogen-bond donors (Lipinski definition) is 2. The van der Waals surface area contributed by atoms with Crippen molar-refractivity contribution in [2.24, 2.45) is 0 Å². The molecule has 1 atom stereocenters. The predicted molar refractivity (Wildman–Crippen MR) is 70.9 cm³/mol.